The summed E-state index contributed by atoms with van der Waals surface area (Å²) in [6.07, 6.45) is 6.81. The van der Waals surface area contributed by atoms with Crippen LogP contribution in [0.15, 0.2) is 35.3 Å². The van der Waals surface area contributed by atoms with Crippen molar-refractivity contribution in [2.45, 2.75) is 39.7 Å². The summed E-state index contributed by atoms with van der Waals surface area (Å²) in [7, 11) is 0. The van der Waals surface area contributed by atoms with Gasteiger partial charge in [-0.05, 0) is 39.2 Å². The van der Waals surface area contributed by atoms with Crippen LogP contribution in [0, 0.1) is 13.8 Å². The van der Waals surface area contributed by atoms with Gasteiger partial charge in [0.25, 0.3) is 0 Å². The molecule has 3 rings (SSSR count). The van der Waals surface area contributed by atoms with Gasteiger partial charge in [-0.3, -0.25) is 9.89 Å². The predicted molar refractivity (Wildman–Crippen MR) is 106 cm³/mol. The largest absolute Gasteiger partial charge is 0.357 e. The third-order valence-corrected chi connectivity index (χ3v) is 5.10. The third kappa shape index (κ3) is 4.85. The van der Waals surface area contributed by atoms with Crippen LogP contribution in [-0.2, 0) is 6.42 Å². The second kappa shape index (κ2) is 8.52. The van der Waals surface area contributed by atoms with Gasteiger partial charge in [-0.15, -0.1) is 0 Å². The first-order valence-electron chi connectivity index (χ1n) is 9.65. The number of benzene rings is 1. The van der Waals surface area contributed by atoms with Crippen molar-refractivity contribution in [3.63, 3.8) is 0 Å². The third-order valence-electron chi connectivity index (χ3n) is 5.10. The van der Waals surface area contributed by atoms with E-state index >= 15 is 0 Å². The molecule has 2 aliphatic heterocycles. The standard InChI is InChI=1S/C21H32N4/c1-4-22-21(23-9-7-19-14-17(2)13-18(3)15-19)25-12-8-20(16-25)24-10-5-6-11-24/h5-6,13-15,20H,4,7-12,16H2,1-3H3,(H,22,23). The van der Waals surface area contributed by atoms with Crippen LogP contribution in [0.1, 0.15) is 30.0 Å². The molecule has 1 N–H and O–H groups in total. The zero-order valence-electron chi connectivity index (χ0n) is 16.0. The zero-order chi connectivity index (χ0) is 17.6. The number of nitrogens with one attached hydrogen (secondary N) is 1. The lowest BCUT2D eigenvalue weighted by Crippen LogP contribution is -2.43. The van der Waals surface area contributed by atoms with Gasteiger partial charge in [0.1, 0.15) is 0 Å². The summed E-state index contributed by atoms with van der Waals surface area (Å²) in [5.41, 5.74) is 4.07. The van der Waals surface area contributed by atoms with E-state index in [0.29, 0.717) is 6.04 Å². The minimum atomic E-state index is 0.665. The Labute approximate surface area is 152 Å². The van der Waals surface area contributed by atoms with Gasteiger partial charge in [-0.25, -0.2) is 0 Å². The molecule has 1 atom stereocenters. The molecule has 2 heterocycles. The van der Waals surface area contributed by atoms with Crippen LogP contribution in [0.4, 0.5) is 0 Å². The molecule has 0 radical (unpaired) electrons. The number of aliphatic imine (C=N–C) groups is 1. The molecule has 0 bridgehead atoms. The van der Waals surface area contributed by atoms with E-state index in [1.165, 1.54) is 23.1 Å². The van der Waals surface area contributed by atoms with Crippen molar-refractivity contribution in [3.05, 3.63) is 47.0 Å². The van der Waals surface area contributed by atoms with Gasteiger partial charge in [0.05, 0.1) is 0 Å². The first kappa shape index (κ1) is 18.0. The smallest absolute Gasteiger partial charge is 0.193 e. The fourth-order valence-corrected chi connectivity index (χ4v) is 3.95. The fourth-order valence-electron chi connectivity index (χ4n) is 3.95. The number of hydrogen-bond acceptors (Lipinski definition) is 2. The minimum absolute atomic E-state index is 0.665. The van der Waals surface area contributed by atoms with E-state index in [4.69, 9.17) is 4.99 Å². The van der Waals surface area contributed by atoms with E-state index in [2.05, 4.69) is 66.2 Å². The Kier molecular flexibility index (Phi) is 6.14. The minimum Gasteiger partial charge on any atom is -0.357 e. The van der Waals surface area contributed by atoms with Crippen LogP contribution in [-0.4, -0.2) is 61.1 Å². The zero-order valence-corrected chi connectivity index (χ0v) is 16.0. The van der Waals surface area contributed by atoms with E-state index < -0.39 is 0 Å². The SMILES string of the molecule is CCNC(=NCCc1cc(C)cc(C)c1)N1CCC(N2CC=CC2)C1. The summed E-state index contributed by atoms with van der Waals surface area (Å²) in [4.78, 5) is 9.92. The van der Waals surface area contributed by atoms with E-state index in [9.17, 15) is 0 Å². The van der Waals surface area contributed by atoms with Crippen molar-refractivity contribution < 1.29 is 0 Å². The van der Waals surface area contributed by atoms with Crippen molar-refractivity contribution >= 4 is 5.96 Å². The molecule has 0 spiro atoms. The Bertz CT molecular complexity index is 607. The molecule has 4 nitrogen and oxygen atoms in total. The van der Waals surface area contributed by atoms with Crippen molar-refractivity contribution in [1.82, 2.24) is 15.1 Å². The number of nitrogens with zero attached hydrogens (tertiary/aromatic N) is 3. The molecule has 1 aromatic carbocycles. The monoisotopic (exact) mass is 340 g/mol. The molecule has 2 aliphatic rings. The Morgan fingerprint density at radius 3 is 2.56 bits per heavy atom. The Hall–Kier alpha value is -1.81. The fraction of sp³-hybridized carbons (Fsp3) is 0.571. The molecule has 1 unspecified atom stereocenters. The van der Waals surface area contributed by atoms with Gasteiger partial charge in [-0.1, -0.05) is 41.5 Å². The summed E-state index contributed by atoms with van der Waals surface area (Å²) < 4.78 is 0. The lowest BCUT2D eigenvalue weighted by atomic mass is 10.1. The number of likely N-dealkylation sites (tertiary alicyclic amines) is 1. The van der Waals surface area contributed by atoms with Gasteiger partial charge in [-0.2, -0.15) is 0 Å². The summed E-state index contributed by atoms with van der Waals surface area (Å²) in [6.45, 7) is 12.7. The highest BCUT2D eigenvalue weighted by molar-refractivity contribution is 5.80. The molecule has 1 aromatic rings. The van der Waals surface area contributed by atoms with Crippen molar-refractivity contribution in [3.8, 4) is 0 Å². The highest BCUT2D eigenvalue weighted by atomic mass is 15.3. The lowest BCUT2D eigenvalue weighted by molar-refractivity contribution is 0.259. The van der Waals surface area contributed by atoms with Crippen LogP contribution >= 0.6 is 0 Å². The summed E-state index contributed by atoms with van der Waals surface area (Å²) in [5, 5.41) is 3.49. The Balaban J connectivity index is 1.57. The molecular weight excluding hydrogens is 308 g/mol. The maximum Gasteiger partial charge on any atom is 0.193 e. The first-order chi connectivity index (χ1) is 12.2. The second-order valence-electron chi connectivity index (χ2n) is 7.30. The quantitative estimate of drug-likeness (QED) is 0.508. The van der Waals surface area contributed by atoms with Crippen molar-refractivity contribution in [2.24, 2.45) is 4.99 Å². The van der Waals surface area contributed by atoms with E-state index in [-0.39, 0.29) is 0 Å². The molecule has 0 saturated carbocycles. The van der Waals surface area contributed by atoms with E-state index in [1.54, 1.807) is 0 Å². The normalized spacial score (nSPS) is 21.3. The number of aryl methyl sites for hydroxylation is 2. The Morgan fingerprint density at radius 1 is 1.16 bits per heavy atom. The van der Waals surface area contributed by atoms with Crippen molar-refractivity contribution in [1.29, 1.82) is 0 Å². The second-order valence-corrected chi connectivity index (χ2v) is 7.30. The summed E-state index contributed by atoms with van der Waals surface area (Å²) >= 11 is 0. The topological polar surface area (TPSA) is 30.9 Å². The summed E-state index contributed by atoms with van der Waals surface area (Å²) in [6, 6.07) is 7.45. The van der Waals surface area contributed by atoms with Crippen LogP contribution in [0.3, 0.4) is 0 Å². The van der Waals surface area contributed by atoms with Crippen LogP contribution in [0.25, 0.3) is 0 Å². The predicted octanol–water partition coefficient (Wildman–Crippen LogP) is 2.76. The number of guanidine groups is 1. The highest BCUT2D eigenvalue weighted by Gasteiger charge is 2.29. The first-order valence-corrected chi connectivity index (χ1v) is 9.65. The maximum atomic E-state index is 4.91. The average molecular weight is 341 g/mol. The number of rotatable bonds is 5. The van der Waals surface area contributed by atoms with Gasteiger partial charge >= 0.3 is 0 Å². The van der Waals surface area contributed by atoms with Crippen LogP contribution in [0.2, 0.25) is 0 Å². The van der Waals surface area contributed by atoms with Gasteiger partial charge in [0.2, 0.25) is 0 Å². The molecule has 1 fully saturated rings. The van der Waals surface area contributed by atoms with Crippen LogP contribution < -0.4 is 5.32 Å². The molecular formula is C21H32N4. The maximum absolute atomic E-state index is 4.91. The molecule has 0 aliphatic carbocycles. The Morgan fingerprint density at radius 2 is 1.88 bits per heavy atom. The van der Waals surface area contributed by atoms with Gasteiger partial charge < -0.3 is 10.2 Å². The highest BCUT2D eigenvalue weighted by Crippen LogP contribution is 2.18. The molecule has 1 saturated heterocycles. The molecule has 0 amide bonds. The van der Waals surface area contributed by atoms with E-state index in [1.807, 2.05) is 0 Å². The molecule has 25 heavy (non-hydrogen) atoms. The van der Waals surface area contributed by atoms with Gasteiger partial charge in [0.15, 0.2) is 5.96 Å². The van der Waals surface area contributed by atoms with Crippen molar-refractivity contribution in [2.75, 3.05) is 39.3 Å². The summed E-state index contributed by atoms with van der Waals surface area (Å²) in [5.74, 6) is 1.08. The average Bonchev–Trinajstić information content (AvgIpc) is 3.24. The van der Waals surface area contributed by atoms with E-state index in [0.717, 1.165) is 51.6 Å². The number of hydrogen-bond donors (Lipinski definition) is 1. The molecule has 136 valence electrons. The lowest BCUT2D eigenvalue weighted by Gasteiger charge is -2.25. The van der Waals surface area contributed by atoms with Crippen LogP contribution in [0.5, 0.6) is 0 Å². The van der Waals surface area contributed by atoms with Gasteiger partial charge in [0, 0.05) is 45.3 Å². The molecule has 4 heteroatoms. The molecule has 0 aromatic heterocycles.